The summed E-state index contributed by atoms with van der Waals surface area (Å²) in [6, 6.07) is 0. The molecule has 0 bridgehead atoms. The van der Waals surface area contributed by atoms with Crippen LogP contribution in [-0.4, -0.2) is 19.7 Å². The summed E-state index contributed by atoms with van der Waals surface area (Å²) in [5, 5.41) is 12.9. The van der Waals surface area contributed by atoms with Crippen molar-refractivity contribution >= 4 is 15.9 Å². The molecule has 0 aliphatic heterocycles. The predicted molar refractivity (Wildman–Crippen MR) is 46.7 cm³/mol. The molecule has 13 heavy (non-hydrogen) atoms. The summed E-state index contributed by atoms with van der Waals surface area (Å²) in [5.74, 6) is 0. The second-order valence-corrected chi connectivity index (χ2v) is 3.63. The van der Waals surface area contributed by atoms with Crippen LogP contribution in [0.25, 0.3) is 0 Å². The van der Waals surface area contributed by atoms with E-state index in [0.29, 0.717) is 6.54 Å². The first-order valence-electron chi connectivity index (χ1n) is 3.72. The van der Waals surface area contributed by atoms with E-state index in [9.17, 15) is 8.78 Å². The monoisotopic (exact) mass is 254 g/mol. The van der Waals surface area contributed by atoms with Crippen molar-refractivity contribution in [3.05, 3.63) is 18.0 Å². The molecule has 74 valence electrons. The second kappa shape index (κ2) is 3.71. The van der Waals surface area contributed by atoms with Crippen LogP contribution in [0.5, 0.6) is 0 Å². The molecular weight excluding hydrogens is 246 g/mol. The molecule has 1 aromatic heterocycles. The van der Waals surface area contributed by atoms with Crippen molar-refractivity contribution in [2.75, 3.05) is 0 Å². The average molecular weight is 255 g/mol. The van der Waals surface area contributed by atoms with Gasteiger partial charge in [-0.15, -0.1) is 0 Å². The van der Waals surface area contributed by atoms with Crippen molar-refractivity contribution in [3.63, 3.8) is 0 Å². The largest absolute Gasteiger partial charge is 0.381 e. The zero-order chi connectivity index (χ0) is 10.1. The molecular formula is C7H9BrF2N2O. The Kier molecular flexibility index (Phi) is 3.02. The van der Waals surface area contributed by atoms with E-state index in [4.69, 9.17) is 5.11 Å². The molecule has 0 saturated carbocycles. The van der Waals surface area contributed by atoms with Crippen LogP contribution in [0.1, 0.15) is 18.6 Å². The molecule has 1 rings (SSSR count). The molecule has 3 nitrogen and oxygen atoms in total. The Morgan fingerprint density at radius 2 is 2.38 bits per heavy atom. The van der Waals surface area contributed by atoms with E-state index in [1.807, 2.05) is 6.92 Å². The lowest BCUT2D eigenvalue weighted by Gasteiger charge is -2.13. The van der Waals surface area contributed by atoms with Gasteiger partial charge in [0.1, 0.15) is 0 Å². The quantitative estimate of drug-likeness (QED) is 0.838. The van der Waals surface area contributed by atoms with Crippen LogP contribution in [0, 0.1) is 0 Å². The molecule has 6 heteroatoms. The number of aliphatic hydroxyl groups excluding tert-OH is 1. The number of nitrogens with zero attached hydrogens (tertiary/aromatic N) is 2. The van der Waals surface area contributed by atoms with E-state index >= 15 is 0 Å². The number of hydrogen-bond acceptors (Lipinski definition) is 2. The van der Waals surface area contributed by atoms with Crippen molar-refractivity contribution in [3.8, 4) is 0 Å². The molecule has 1 heterocycles. The molecule has 1 aromatic rings. The maximum Gasteiger partial charge on any atom is 0.330 e. The smallest absolute Gasteiger partial charge is 0.330 e. The third-order valence-electron chi connectivity index (χ3n) is 1.60. The highest BCUT2D eigenvalue weighted by molar-refractivity contribution is 9.10. The van der Waals surface area contributed by atoms with Gasteiger partial charge in [-0.2, -0.15) is 13.9 Å². The maximum absolute atomic E-state index is 12.5. The number of halogens is 3. The SMILES string of the molecule is CCn1cc(C(O)C(F)(F)Br)cn1. The minimum atomic E-state index is -3.31. The van der Waals surface area contributed by atoms with Crippen LogP contribution in [-0.2, 0) is 6.54 Å². The van der Waals surface area contributed by atoms with Crippen LogP contribution in [0.4, 0.5) is 8.78 Å². The van der Waals surface area contributed by atoms with Crippen molar-refractivity contribution < 1.29 is 13.9 Å². The number of aromatic nitrogens is 2. The Morgan fingerprint density at radius 3 is 2.77 bits per heavy atom. The van der Waals surface area contributed by atoms with Crippen molar-refractivity contribution in [2.24, 2.45) is 0 Å². The van der Waals surface area contributed by atoms with Gasteiger partial charge in [0.2, 0.25) is 0 Å². The summed E-state index contributed by atoms with van der Waals surface area (Å²) in [4.78, 5) is -3.31. The predicted octanol–water partition coefficient (Wildman–Crippen LogP) is 1.92. The summed E-state index contributed by atoms with van der Waals surface area (Å²) in [6.07, 6.45) is 0.760. The molecule has 1 N–H and O–H groups in total. The highest BCUT2D eigenvalue weighted by Gasteiger charge is 2.36. The molecule has 0 aromatic carbocycles. The number of rotatable bonds is 3. The van der Waals surface area contributed by atoms with E-state index in [-0.39, 0.29) is 5.56 Å². The zero-order valence-electron chi connectivity index (χ0n) is 6.91. The standard InChI is InChI=1S/C7H9BrF2N2O/c1-2-12-4-5(3-11-12)6(13)7(8,9)10/h3-4,6,13H,2H2,1H3. The van der Waals surface area contributed by atoms with Crippen LogP contribution in [0.2, 0.25) is 0 Å². The summed E-state index contributed by atoms with van der Waals surface area (Å²) in [5.41, 5.74) is 0.101. The van der Waals surface area contributed by atoms with Gasteiger partial charge in [0.15, 0.2) is 6.10 Å². The highest BCUT2D eigenvalue weighted by Crippen LogP contribution is 2.36. The number of aryl methyl sites for hydroxylation is 1. The number of aliphatic hydroxyl groups is 1. The molecule has 1 unspecified atom stereocenters. The second-order valence-electron chi connectivity index (χ2n) is 2.57. The number of hydrogen-bond donors (Lipinski definition) is 1. The van der Waals surface area contributed by atoms with E-state index in [1.165, 1.54) is 17.1 Å². The summed E-state index contributed by atoms with van der Waals surface area (Å²) in [7, 11) is 0. The first-order chi connectivity index (χ1) is 5.95. The minimum absolute atomic E-state index is 0.101. The zero-order valence-corrected chi connectivity index (χ0v) is 8.50. The molecule has 0 radical (unpaired) electrons. The van der Waals surface area contributed by atoms with Gasteiger partial charge in [-0.05, 0) is 22.9 Å². The molecule has 1 atom stereocenters. The van der Waals surface area contributed by atoms with Gasteiger partial charge >= 0.3 is 4.83 Å². The molecule has 0 amide bonds. The Bertz CT molecular complexity index is 284. The summed E-state index contributed by atoms with van der Waals surface area (Å²) >= 11 is 2.09. The fourth-order valence-corrected chi connectivity index (χ4v) is 1.15. The van der Waals surface area contributed by atoms with Gasteiger partial charge in [0, 0.05) is 18.3 Å². The molecule has 0 aliphatic rings. The first-order valence-corrected chi connectivity index (χ1v) is 4.51. The van der Waals surface area contributed by atoms with Crippen LogP contribution >= 0.6 is 15.9 Å². The normalized spacial score (nSPS) is 14.5. The fraction of sp³-hybridized carbons (Fsp3) is 0.571. The minimum Gasteiger partial charge on any atom is -0.381 e. The van der Waals surface area contributed by atoms with E-state index in [0.717, 1.165) is 0 Å². The molecule has 0 saturated heterocycles. The van der Waals surface area contributed by atoms with Gasteiger partial charge < -0.3 is 5.11 Å². The van der Waals surface area contributed by atoms with Crippen molar-refractivity contribution in [1.82, 2.24) is 9.78 Å². The van der Waals surface area contributed by atoms with E-state index in [2.05, 4.69) is 21.0 Å². The lowest BCUT2D eigenvalue weighted by molar-refractivity contribution is -0.0295. The Morgan fingerprint density at radius 1 is 1.77 bits per heavy atom. The van der Waals surface area contributed by atoms with Gasteiger partial charge in [-0.25, -0.2) is 0 Å². The Hall–Kier alpha value is -0.490. The van der Waals surface area contributed by atoms with Gasteiger partial charge in [0.25, 0.3) is 0 Å². The first kappa shape index (κ1) is 10.6. The maximum atomic E-state index is 12.5. The van der Waals surface area contributed by atoms with E-state index < -0.39 is 10.9 Å². The highest BCUT2D eigenvalue weighted by atomic mass is 79.9. The van der Waals surface area contributed by atoms with Crippen LogP contribution < -0.4 is 0 Å². The van der Waals surface area contributed by atoms with Crippen molar-refractivity contribution in [2.45, 2.75) is 24.4 Å². The summed E-state index contributed by atoms with van der Waals surface area (Å²) in [6.45, 7) is 2.41. The topological polar surface area (TPSA) is 38.0 Å². The third-order valence-corrected chi connectivity index (χ3v) is 2.04. The van der Waals surface area contributed by atoms with Gasteiger partial charge in [0.05, 0.1) is 6.20 Å². The fourth-order valence-electron chi connectivity index (χ4n) is 0.883. The Balaban J connectivity index is 2.83. The van der Waals surface area contributed by atoms with Crippen LogP contribution in [0.15, 0.2) is 12.4 Å². The lowest BCUT2D eigenvalue weighted by Crippen LogP contribution is -2.17. The third kappa shape index (κ3) is 2.47. The average Bonchev–Trinajstić information content (AvgIpc) is 2.48. The number of alkyl halides is 3. The molecule has 0 aliphatic carbocycles. The molecule has 0 spiro atoms. The van der Waals surface area contributed by atoms with Gasteiger partial charge in [-0.1, -0.05) is 0 Å². The lowest BCUT2D eigenvalue weighted by atomic mass is 10.2. The Labute approximate surface area is 82.5 Å². The molecule has 0 fully saturated rings. The van der Waals surface area contributed by atoms with E-state index in [1.54, 1.807) is 0 Å². The van der Waals surface area contributed by atoms with Gasteiger partial charge in [-0.3, -0.25) is 4.68 Å². The summed E-state index contributed by atoms with van der Waals surface area (Å²) < 4.78 is 26.6. The van der Waals surface area contributed by atoms with Crippen LogP contribution in [0.3, 0.4) is 0 Å². The van der Waals surface area contributed by atoms with Crippen molar-refractivity contribution in [1.29, 1.82) is 0 Å².